The first kappa shape index (κ1) is 22.9. The molecule has 1 N–H and O–H groups in total. The molecule has 1 aliphatic rings. The molecule has 3 aromatic heterocycles. The van der Waals surface area contributed by atoms with Crippen molar-refractivity contribution in [3.63, 3.8) is 0 Å². The summed E-state index contributed by atoms with van der Waals surface area (Å²) in [6.07, 6.45) is 5.52. The van der Waals surface area contributed by atoms with Gasteiger partial charge in [-0.05, 0) is 63.3 Å². The molecule has 1 aliphatic carbocycles. The zero-order valence-electron chi connectivity index (χ0n) is 19.5. The van der Waals surface area contributed by atoms with E-state index >= 15 is 0 Å². The highest BCUT2D eigenvalue weighted by atomic mass is 16.5. The van der Waals surface area contributed by atoms with Gasteiger partial charge in [0, 0.05) is 24.9 Å². The third kappa shape index (κ3) is 5.38. The third-order valence-electron chi connectivity index (χ3n) is 6.21. The van der Waals surface area contributed by atoms with Crippen LogP contribution in [0.4, 0.5) is 0 Å². The summed E-state index contributed by atoms with van der Waals surface area (Å²) in [7, 11) is 1.88. The number of carboxylic acids is 1. The molecule has 0 amide bonds. The van der Waals surface area contributed by atoms with Gasteiger partial charge in [0.15, 0.2) is 0 Å². The van der Waals surface area contributed by atoms with Gasteiger partial charge in [-0.15, -0.1) is 5.10 Å². The summed E-state index contributed by atoms with van der Waals surface area (Å²) >= 11 is 0. The van der Waals surface area contributed by atoms with Crippen molar-refractivity contribution in [1.82, 2.24) is 25.0 Å². The topological polar surface area (TPSA) is 103 Å². The Balaban J connectivity index is 1.53. The number of nitrogens with zero attached hydrogens (tertiary/aromatic N) is 5. The van der Waals surface area contributed by atoms with Crippen molar-refractivity contribution in [3.8, 4) is 17.1 Å². The maximum absolute atomic E-state index is 11.3. The van der Waals surface area contributed by atoms with Gasteiger partial charge in [0.1, 0.15) is 11.4 Å². The second-order valence-corrected chi connectivity index (χ2v) is 8.78. The molecular weight excluding hydrogens is 418 g/mol. The molecule has 1 fully saturated rings. The lowest BCUT2D eigenvalue weighted by molar-refractivity contribution is -0.143. The summed E-state index contributed by atoms with van der Waals surface area (Å²) in [6, 6.07) is 9.94. The van der Waals surface area contributed by atoms with Gasteiger partial charge in [-0.25, -0.2) is 4.98 Å². The van der Waals surface area contributed by atoms with E-state index in [4.69, 9.17) is 14.7 Å². The number of rotatable bonds is 8. The molecule has 0 radical (unpaired) electrons. The van der Waals surface area contributed by atoms with Crippen LogP contribution in [0.15, 0.2) is 30.3 Å². The number of hydrogen-bond donors (Lipinski definition) is 1. The van der Waals surface area contributed by atoms with E-state index in [1.165, 1.54) is 0 Å². The monoisotopic (exact) mass is 449 g/mol. The SMILES string of the molecule is CCCc1cccc(Cc2c(-c3ccc(O[C@H]4CCC[C@H](C(=O)O)C4)c(C)n3)nnn2C)n1. The van der Waals surface area contributed by atoms with Crippen molar-refractivity contribution >= 4 is 5.97 Å². The summed E-state index contributed by atoms with van der Waals surface area (Å²) in [5.41, 5.74) is 5.25. The predicted molar refractivity (Wildman–Crippen MR) is 124 cm³/mol. The van der Waals surface area contributed by atoms with Crippen molar-refractivity contribution in [1.29, 1.82) is 0 Å². The van der Waals surface area contributed by atoms with Gasteiger partial charge in [-0.2, -0.15) is 0 Å². The van der Waals surface area contributed by atoms with E-state index < -0.39 is 5.97 Å². The Bertz CT molecular complexity index is 1130. The van der Waals surface area contributed by atoms with Crippen LogP contribution < -0.4 is 4.74 Å². The zero-order chi connectivity index (χ0) is 23.4. The lowest BCUT2D eigenvalue weighted by Crippen LogP contribution is -2.29. The Morgan fingerprint density at radius 2 is 2.00 bits per heavy atom. The van der Waals surface area contributed by atoms with Gasteiger partial charge in [-0.1, -0.05) is 24.6 Å². The van der Waals surface area contributed by atoms with Crippen molar-refractivity contribution in [2.24, 2.45) is 13.0 Å². The standard InChI is InChI=1S/C25H31N5O3/c1-4-7-18-9-6-10-19(27-18)15-22-24(28-29-30(22)3)21-12-13-23(16(2)26-21)33-20-11-5-8-17(14-20)25(31)32/h6,9-10,12-13,17,20H,4-5,7-8,11,14-15H2,1-3H3,(H,31,32)/t17-,20-/m0/s1. The fourth-order valence-corrected chi connectivity index (χ4v) is 4.43. The number of carboxylic acid groups (broad SMARTS) is 1. The van der Waals surface area contributed by atoms with Gasteiger partial charge in [-0.3, -0.25) is 14.5 Å². The Morgan fingerprint density at radius 1 is 1.18 bits per heavy atom. The molecule has 8 heteroatoms. The van der Waals surface area contributed by atoms with Gasteiger partial charge >= 0.3 is 5.97 Å². The largest absolute Gasteiger partial charge is 0.489 e. The number of hydrogen-bond acceptors (Lipinski definition) is 6. The van der Waals surface area contributed by atoms with E-state index in [0.29, 0.717) is 18.6 Å². The lowest BCUT2D eigenvalue weighted by atomic mass is 9.87. The molecule has 4 rings (SSSR count). The molecule has 0 aliphatic heterocycles. The van der Waals surface area contributed by atoms with Crippen molar-refractivity contribution < 1.29 is 14.6 Å². The Kier molecular flexibility index (Phi) is 7.01. The highest BCUT2D eigenvalue weighted by Crippen LogP contribution is 2.30. The number of ether oxygens (including phenoxy) is 1. The second kappa shape index (κ2) is 10.1. The number of aromatic nitrogens is 5. The maximum Gasteiger partial charge on any atom is 0.306 e. The van der Waals surface area contributed by atoms with E-state index in [2.05, 4.69) is 23.3 Å². The van der Waals surface area contributed by atoms with Gasteiger partial charge in [0.25, 0.3) is 0 Å². The molecule has 2 atom stereocenters. The fraction of sp³-hybridized carbons (Fsp3) is 0.480. The van der Waals surface area contributed by atoms with Crippen molar-refractivity contribution in [3.05, 3.63) is 53.1 Å². The van der Waals surface area contributed by atoms with Crippen LogP contribution in [0.25, 0.3) is 11.4 Å². The summed E-state index contributed by atoms with van der Waals surface area (Å²) in [6.45, 7) is 4.06. The van der Waals surface area contributed by atoms with E-state index in [9.17, 15) is 9.90 Å². The van der Waals surface area contributed by atoms with Gasteiger partial charge in [0.05, 0.1) is 29.1 Å². The average Bonchev–Trinajstić information content (AvgIpc) is 3.16. The first-order valence-electron chi connectivity index (χ1n) is 11.7. The van der Waals surface area contributed by atoms with E-state index in [-0.39, 0.29) is 12.0 Å². The van der Waals surface area contributed by atoms with Crippen molar-refractivity contribution in [2.45, 2.75) is 64.9 Å². The molecule has 174 valence electrons. The predicted octanol–water partition coefficient (Wildman–Crippen LogP) is 4.15. The highest BCUT2D eigenvalue weighted by molar-refractivity contribution is 5.70. The summed E-state index contributed by atoms with van der Waals surface area (Å²) in [5.74, 6) is -0.379. The number of aryl methyl sites for hydroxylation is 3. The smallest absolute Gasteiger partial charge is 0.306 e. The normalized spacial score (nSPS) is 18.3. The third-order valence-corrected chi connectivity index (χ3v) is 6.21. The molecule has 0 aromatic carbocycles. The lowest BCUT2D eigenvalue weighted by Gasteiger charge is -2.27. The summed E-state index contributed by atoms with van der Waals surface area (Å²) < 4.78 is 7.92. The van der Waals surface area contributed by atoms with Crippen LogP contribution in [0.3, 0.4) is 0 Å². The van der Waals surface area contributed by atoms with E-state index in [1.807, 2.05) is 38.2 Å². The van der Waals surface area contributed by atoms with Crippen LogP contribution in [0, 0.1) is 12.8 Å². The first-order valence-corrected chi connectivity index (χ1v) is 11.7. The highest BCUT2D eigenvalue weighted by Gasteiger charge is 2.28. The number of carbonyl (C=O) groups is 1. The van der Waals surface area contributed by atoms with E-state index in [0.717, 1.165) is 66.3 Å². The molecular formula is C25H31N5O3. The minimum absolute atomic E-state index is 0.0975. The molecule has 1 saturated carbocycles. The van der Waals surface area contributed by atoms with Crippen molar-refractivity contribution in [2.75, 3.05) is 0 Å². The Morgan fingerprint density at radius 3 is 2.76 bits per heavy atom. The van der Waals surface area contributed by atoms with Crippen LogP contribution in [0.1, 0.15) is 61.8 Å². The van der Waals surface area contributed by atoms with Gasteiger partial charge in [0.2, 0.25) is 0 Å². The molecule has 0 saturated heterocycles. The second-order valence-electron chi connectivity index (χ2n) is 8.78. The zero-order valence-corrected chi connectivity index (χ0v) is 19.5. The summed E-state index contributed by atoms with van der Waals surface area (Å²) in [5, 5.41) is 17.9. The van der Waals surface area contributed by atoms with Crippen LogP contribution >= 0.6 is 0 Å². The quantitative estimate of drug-likeness (QED) is 0.551. The summed E-state index contributed by atoms with van der Waals surface area (Å²) in [4.78, 5) is 20.9. The minimum Gasteiger partial charge on any atom is -0.489 e. The maximum atomic E-state index is 11.3. The van der Waals surface area contributed by atoms with E-state index in [1.54, 1.807) is 4.68 Å². The molecule has 8 nitrogen and oxygen atoms in total. The Hall–Kier alpha value is -3.29. The van der Waals surface area contributed by atoms with Crippen LogP contribution in [0.2, 0.25) is 0 Å². The molecule has 0 spiro atoms. The van der Waals surface area contributed by atoms with Crippen LogP contribution in [-0.2, 0) is 24.7 Å². The molecule has 33 heavy (non-hydrogen) atoms. The Labute approximate surface area is 194 Å². The number of aliphatic carboxylic acids is 1. The van der Waals surface area contributed by atoms with Gasteiger partial charge < -0.3 is 9.84 Å². The van der Waals surface area contributed by atoms with Crippen LogP contribution in [0.5, 0.6) is 5.75 Å². The minimum atomic E-state index is -0.738. The average molecular weight is 450 g/mol. The molecule has 0 unspecified atom stereocenters. The molecule has 3 aromatic rings. The van der Waals surface area contributed by atoms with Crippen LogP contribution in [-0.4, -0.2) is 42.1 Å². The molecule has 3 heterocycles. The molecule has 0 bridgehead atoms. The fourth-order valence-electron chi connectivity index (χ4n) is 4.43. The number of pyridine rings is 2. The first-order chi connectivity index (χ1) is 15.9.